The summed E-state index contributed by atoms with van der Waals surface area (Å²) in [6, 6.07) is 2.43. The van der Waals surface area contributed by atoms with E-state index in [-0.39, 0.29) is 5.56 Å². The molecule has 2 atom stereocenters. The number of hydrogen-bond donors (Lipinski definition) is 2. The molecule has 2 rings (SSSR count). The van der Waals surface area contributed by atoms with Crippen molar-refractivity contribution in [2.45, 2.75) is 51.6 Å². The molecule has 1 saturated heterocycles. The first kappa shape index (κ1) is 14.1. The van der Waals surface area contributed by atoms with Crippen molar-refractivity contribution in [3.05, 3.63) is 22.2 Å². The van der Waals surface area contributed by atoms with Crippen LogP contribution in [0, 0.1) is 0 Å². The summed E-state index contributed by atoms with van der Waals surface area (Å²) in [6.07, 6.45) is 4.32. The second-order valence-corrected chi connectivity index (χ2v) is 5.24. The van der Waals surface area contributed by atoms with Crippen LogP contribution in [0.2, 0.25) is 0 Å². The highest BCUT2D eigenvalue weighted by Gasteiger charge is 2.27. The van der Waals surface area contributed by atoms with E-state index in [0.29, 0.717) is 12.1 Å². The molecule has 1 fully saturated rings. The molecule has 0 amide bonds. The molecule has 0 saturated carbocycles. The fourth-order valence-electron chi connectivity index (χ4n) is 2.76. The van der Waals surface area contributed by atoms with Crippen LogP contribution in [0.5, 0.6) is 0 Å². The number of anilines is 1. The molecule has 1 aromatic rings. The molecule has 0 radical (unpaired) electrons. The van der Waals surface area contributed by atoms with Crippen LogP contribution in [0.15, 0.2) is 10.9 Å². The van der Waals surface area contributed by atoms with Crippen molar-refractivity contribution in [2.24, 2.45) is 0 Å². The Morgan fingerprint density at radius 3 is 3.05 bits per heavy atom. The van der Waals surface area contributed by atoms with Crippen LogP contribution >= 0.6 is 0 Å². The van der Waals surface area contributed by atoms with Crippen molar-refractivity contribution in [1.82, 2.24) is 15.3 Å². The largest absolute Gasteiger partial charge is 0.352 e. The van der Waals surface area contributed by atoms with Gasteiger partial charge in [-0.2, -0.15) is 0 Å². The summed E-state index contributed by atoms with van der Waals surface area (Å²) < 4.78 is 0. The van der Waals surface area contributed by atoms with E-state index in [1.54, 1.807) is 6.07 Å². The van der Waals surface area contributed by atoms with Crippen LogP contribution < -0.4 is 15.8 Å². The van der Waals surface area contributed by atoms with E-state index in [4.69, 9.17) is 0 Å². The molecule has 0 aliphatic carbocycles. The smallest absolute Gasteiger partial charge is 0.252 e. The average Bonchev–Trinajstić information content (AvgIpc) is 2.45. The Morgan fingerprint density at radius 2 is 2.37 bits per heavy atom. The summed E-state index contributed by atoms with van der Waals surface area (Å²) in [4.78, 5) is 21.4. The highest BCUT2D eigenvalue weighted by Crippen LogP contribution is 2.24. The van der Waals surface area contributed by atoms with Gasteiger partial charge in [0, 0.05) is 31.1 Å². The lowest BCUT2D eigenvalue weighted by atomic mass is 9.96. The number of likely N-dealkylation sites (N-methyl/N-ethyl adjacent to an activating group) is 1. The first-order valence-corrected chi connectivity index (χ1v) is 7.19. The molecule has 0 aromatic carbocycles. The Kier molecular flexibility index (Phi) is 4.58. The van der Waals surface area contributed by atoms with Gasteiger partial charge in [-0.25, -0.2) is 4.98 Å². The van der Waals surface area contributed by atoms with Gasteiger partial charge in [0.05, 0.1) is 0 Å². The third-order valence-corrected chi connectivity index (χ3v) is 3.99. The fraction of sp³-hybridized carbons (Fsp3) is 0.714. The van der Waals surface area contributed by atoms with Crippen molar-refractivity contribution < 1.29 is 0 Å². The molecule has 2 N–H and O–H groups in total. The Labute approximate surface area is 114 Å². The molecule has 1 aliphatic heterocycles. The van der Waals surface area contributed by atoms with E-state index < -0.39 is 0 Å². The Hall–Kier alpha value is -1.36. The van der Waals surface area contributed by atoms with Crippen LogP contribution in [-0.4, -0.2) is 35.6 Å². The molecular weight excluding hydrogens is 240 g/mol. The van der Waals surface area contributed by atoms with Gasteiger partial charge in [0.2, 0.25) is 0 Å². The average molecular weight is 264 g/mol. The molecule has 1 aliphatic rings. The maximum Gasteiger partial charge on any atom is 0.252 e. The number of aryl methyl sites for hydroxylation is 1. The lowest BCUT2D eigenvalue weighted by Crippen LogP contribution is -2.51. The van der Waals surface area contributed by atoms with Crippen LogP contribution in [0.25, 0.3) is 0 Å². The van der Waals surface area contributed by atoms with E-state index in [0.717, 1.165) is 31.0 Å². The van der Waals surface area contributed by atoms with Gasteiger partial charge in [-0.15, -0.1) is 0 Å². The maximum atomic E-state index is 11.7. The topological polar surface area (TPSA) is 61.0 Å². The quantitative estimate of drug-likeness (QED) is 0.860. The number of piperidine rings is 1. The highest BCUT2D eigenvalue weighted by molar-refractivity contribution is 5.40. The first-order chi connectivity index (χ1) is 9.15. The molecule has 1 aromatic heterocycles. The van der Waals surface area contributed by atoms with Gasteiger partial charge in [-0.1, -0.05) is 6.92 Å². The van der Waals surface area contributed by atoms with Crippen LogP contribution in [-0.2, 0) is 6.42 Å². The zero-order valence-electron chi connectivity index (χ0n) is 12.1. The summed E-state index contributed by atoms with van der Waals surface area (Å²) in [5.74, 6) is 1.59. The Balaban J connectivity index is 2.31. The minimum Gasteiger partial charge on any atom is -0.352 e. The molecular formula is C14H24N4O. The predicted molar refractivity (Wildman–Crippen MR) is 77.7 cm³/mol. The summed E-state index contributed by atoms with van der Waals surface area (Å²) in [5.41, 5.74) is -0.0525. The van der Waals surface area contributed by atoms with E-state index in [1.165, 1.54) is 12.8 Å². The van der Waals surface area contributed by atoms with Gasteiger partial charge < -0.3 is 15.2 Å². The van der Waals surface area contributed by atoms with Gasteiger partial charge in [-0.05, 0) is 33.2 Å². The molecule has 19 heavy (non-hydrogen) atoms. The minimum absolute atomic E-state index is 0.0525. The van der Waals surface area contributed by atoms with Crippen molar-refractivity contribution >= 4 is 5.82 Å². The van der Waals surface area contributed by atoms with Crippen LogP contribution in [0.4, 0.5) is 5.82 Å². The molecule has 2 unspecified atom stereocenters. The van der Waals surface area contributed by atoms with Gasteiger partial charge >= 0.3 is 0 Å². The number of hydrogen-bond acceptors (Lipinski definition) is 4. The van der Waals surface area contributed by atoms with E-state index in [2.05, 4.69) is 27.1 Å². The monoisotopic (exact) mass is 264 g/mol. The van der Waals surface area contributed by atoms with Gasteiger partial charge in [0.15, 0.2) is 0 Å². The molecule has 2 heterocycles. The Bertz CT molecular complexity index is 471. The SMILES string of the molecule is CCc1nc(N2CCCCC2C(C)NC)cc(=O)[nH]1. The summed E-state index contributed by atoms with van der Waals surface area (Å²) in [6.45, 7) is 5.18. The normalized spacial score (nSPS) is 21.4. The number of nitrogens with zero attached hydrogens (tertiary/aromatic N) is 2. The van der Waals surface area contributed by atoms with Crippen molar-refractivity contribution in [2.75, 3.05) is 18.5 Å². The molecule has 0 bridgehead atoms. The van der Waals surface area contributed by atoms with Crippen molar-refractivity contribution in [3.8, 4) is 0 Å². The number of nitrogens with one attached hydrogen (secondary N) is 2. The first-order valence-electron chi connectivity index (χ1n) is 7.19. The standard InChI is InChI=1S/C14H24N4O/c1-4-12-16-13(9-14(19)17-12)18-8-6-5-7-11(18)10(2)15-3/h9-11,15H,4-8H2,1-3H3,(H,16,17,19). The van der Waals surface area contributed by atoms with Gasteiger partial charge in [0.1, 0.15) is 11.6 Å². The third kappa shape index (κ3) is 3.15. The summed E-state index contributed by atoms with van der Waals surface area (Å²) in [5, 5.41) is 3.32. The predicted octanol–water partition coefficient (Wildman–Crippen LogP) is 1.30. The van der Waals surface area contributed by atoms with Gasteiger partial charge in [-0.3, -0.25) is 4.79 Å². The second-order valence-electron chi connectivity index (χ2n) is 5.24. The summed E-state index contributed by atoms with van der Waals surface area (Å²) >= 11 is 0. The lowest BCUT2D eigenvalue weighted by Gasteiger charge is -2.40. The van der Waals surface area contributed by atoms with Crippen LogP contribution in [0.1, 0.15) is 38.9 Å². The minimum atomic E-state index is -0.0525. The molecule has 0 spiro atoms. The Morgan fingerprint density at radius 1 is 1.58 bits per heavy atom. The lowest BCUT2D eigenvalue weighted by molar-refractivity contribution is 0.380. The molecule has 106 valence electrons. The van der Waals surface area contributed by atoms with Crippen molar-refractivity contribution in [3.63, 3.8) is 0 Å². The fourth-order valence-corrected chi connectivity index (χ4v) is 2.76. The molecule has 5 heteroatoms. The van der Waals surface area contributed by atoms with Crippen molar-refractivity contribution in [1.29, 1.82) is 0 Å². The summed E-state index contributed by atoms with van der Waals surface area (Å²) in [7, 11) is 1.99. The number of rotatable bonds is 4. The molecule has 5 nitrogen and oxygen atoms in total. The van der Waals surface area contributed by atoms with E-state index >= 15 is 0 Å². The highest BCUT2D eigenvalue weighted by atomic mass is 16.1. The second kappa shape index (κ2) is 6.19. The van der Waals surface area contributed by atoms with E-state index in [1.807, 2.05) is 14.0 Å². The number of H-pyrrole nitrogens is 1. The zero-order chi connectivity index (χ0) is 13.8. The van der Waals surface area contributed by atoms with Crippen LogP contribution in [0.3, 0.4) is 0 Å². The zero-order valence-corrected chi connectivity index (χ0v) is 12.1. The third-order valence-electron chi connectivity index (χ3n) is 3.99. The van der Waals surface area contributed by atoms with E-state index in [9.17, 15) is 4.79 Å². The number of aromatic amines is 1. The number of aromatic nitrogens is 2. The van der Waals surface area contributed by atoms with Gasteiger partial charge in [0.25, 0.3) is 5.56 Å². The maximum absolute atomic E-state index is 11.7.